The van der Waals surface area contributed by atoms with E-state index in [1.807, 2.05) is 28.8 Å². The number of halogens is 1. The van der Waals surface area contributed by atoms with Crippen molar-refractivity contribution in [1.29, 1.82) is 0 Å². The number of rotatable bonds is 5. The molecule has 0 spiro atoms. The lowest BCUT2D eigenvalue weighted by molar-refractivity contribution is 0.0331. The number of benzene rings is 1. The predicted molar refractivity (Wildman–Crippen MR) is 124 cm³/mol. The number of hydrogen-bond donors (Lipinski definition) is 0. The van der Waals surface area contributed by atoms with Crippen LogP contribution in [0.15, 0.2) is 36.4 Å². The van der Waals surface area contributed by atoms with Gasteiger partial charge in [0.2, 0.25) is 0 Å². The highest BCUT2D eigenvalue weighted by Gasteiger charge is 2.21. The van der Waals surface area contributed by atoms with Gasteiger partial charge in [0, 0.05) is 80.8 Å². The molecule has 164 valence electrons. The van der Waals surface area contributed by atoms with E-state index in [-0.39, 0.29) is 0 Å². The summed E-state index contributed by atoms with van der Waals surface area (Å²) in [7, 11) is 0. The molecule has 0 unspecified atom stereocenters. The molecule has 7 nitrogen and oxygen atoms in total. The smallest absolute Gasteiger partial charge is 0.158 e. The van der Waals surface area contributed by atoms with Crippen molar-refractivity contribution in [3.8, 4) is 11.3 Å². The lowest BCUT2D eigenvalue weighted by Gasteiger charge is -2.37. The third-order valence-corrected chi connectivity index (χ3v) is 6.46. The Labute approximate surface area is 188 Å². The molecule has 0 amide bonds. The molecule has 0 saturated carbocycles. The van der Waals surface area contributed by atoms with E-state index in [4.69, 9.17) is 26.4 Å². The summed E-state index contributed by atoms with van der Waals surface area (Å²) in [6, 6.07) is 12.0. The molecule has 31 heavy (non-hydrogen) atoms. The summed E-state index contributed by atoms with van der Waals surface area (Å²) in [5.41, 5.74) is 3.86. The van der Waals surface area contributed by atoms with Gasteiger partial charge in [-0.25, -0.2) is 4.98 Å². The molecule has 8 heteroatoms. The van der Waals surface area contributed by atoms with Crippen LogP contribution >= 0.6 is 11.6 Å². The van der Waals surface area contributed by atoms with Gasteiger partial charge in [-0.05, 0) is 19.1 Å². The number of anilines is 1. The van der Waals surface area contributed by atoms with Crippen LogP contribution in [0, 0.1) is 6.92 Å². The Morgan fingerprint density at radius 3 is 2.29 bits per heavy atom. The normalized spacial score (nSPS) is 18.7. The molecule has 0 aliphatic carbocycles. The maximum Gasteiger partial charge on any atom is 0.158 e. The average molecular weight is 441 g/mol. The number of piperazine rings is 1. The van der Waals surface area contributed by atoms with Gasteiger partial charge in [0.15, 0.2) is 5.65 Å². The molecule has 2 saturated heterocycles. The number of morpholine rings is 1. The molecule has 3 aromatic rings. The van der Waals surface area contributed by atoms with Crippen LogP contribution in [0.1, 0.15) is 5.69 Å². The van der Waals surface area contributed by atoms with Crippen molar-refractivity contribution in [2.45, 2.75) is 6.92 Å². The topological polar surface area (TPSA) is 49.1 Å². The summed E-state index contributed by atoms with van der Waals surface area (Å²) in [5.74, 6) is 1.12. The summed E-state index contributed by atoms with van der Waals surface area (Å²) >= 11 is 6.05. The monoisotopic (exact) mass is 440 g/mol. The van der Waals surface area contributed by atoms with Crippen LogP contribution in [0.25, 0.3) is 16.9 Å². The van der Waals surface area contributed by atoms with Crippen molar-refractivity contribution < 1.29 is 4.74 Å². The van der Waals surface area contributed by atoms with E-state index in [9.17, 15) is 0 Å². The number of aromatic nitrogens is 3. The van der Waals surface area contributed by atoms with Crippen molar-refractivity contribution >= 4 is 23.1 Å². The summed E-state index contributed by atoms with van der Waals surface area (Å²) in [5, 5.41) is 5.61. The fourth-order valence-corrected chi connectivity index (χ4v) is 4.50. The number of nitrogens with zero attached hydrogens (tertiary/aromatic N) is 6. The van der Waals surface area contributed by atoms with Gasteiger partial charge in [-0.3, -0.25) is 9.80 Å². The van der Waals surface area contributed by atoms with Crippen LogP contribution in [-0.4, -0.2) is 90.0 Å². The summed E-state index contributed by atoms with van der Waals surface area (Å²) in [6.07, 6.45) is 0. The maximum atomic E-state index is 6.05. The summed E-state index contributed by atoms with van der Waals surface area (Å²) < 4.78 is 7.44. The van der Waals surface area contributed by atoms with E-state index in [2.05, 4.69) is 33.8 Å². The van der Waals surface area contributed by atoms with Gasteiger partial charge in [-0.2, -0.15) is 9.61 Å². The lowest BCUT2D eigenvalue weighted by Crippen LogP contribution is -2.49. The van der Waals surface area contributed by atoms with Crippen LogP contribution in [-0.2, 0) is 4.74 Å². The molecule has 2 fully saturated rings. The molecule has 0 atom stereocenters. The Bertz CT molecular complexity index is 1020. The molecule has 0 radical (unpaired) electrons. The number of fused-ring (bicyclic) bond motifs is 1. The molecule has 5 rings (SSSR count). The van der Waals surface area contributed by atoms with Gasteiger partial charge < -0.3 is 9.64 Å². The van der Waals surface area contributed by atoms with E-state index >= 15 is 0 Å². The standard InChI is InChI=1S/C23H29ClN6O/c1-18-16-23(29-10-8-27(9-11-29)6-7-28-12-14-31-15-13-28)30-22(25-18)17-21(26-30)19-2-4-20(24)5-3-19/h2-5,16-17H,6-15H2,1H3. The van der Waals surface area contributed by atoms with Crippen LogP contribution in [0.5, 0.6) is 0 Å². The second-order valence-electron chi connectivity index (χ2n) is 8.34. The molecule has 2 aromatic heterocycles. The van der Waals surface area contributed by atoms with E-state index < -0.39 is 0 Å². The Kier molecular flexibility index (Phi) is 6.09. The zero-order chi connectivity index (χ0) is 21.2. The number of ether oxygens (including phenoxy) is 1. The summed E-state index contributed by atoms with van der Waals surface area (Å²) in [6.45, 7) is 12.3. The highest BCUT2D eigenvalue weighted by atomic mass is 35.5. The molecule has 2 aliphatic heterocycles. The minimum absolute atomic E-state index is 0.730. The largest absolute Gasteiger partial charge is 0.379 e. The lowest BCUT2D eigenvalue weighted by atomic mass is 10.2. The number of hydrogen-bond acceptors (Lipinski definition) is 6. The second kappa shape index (κ2) is 9.12. The van der Waals surface area contributed by atoms with E-state index in [0.29, 0.717) is 0 Å². The number of aryl methyl sites for hydroxylation is 1. The van der Waals surface area contributed by atoms with Crippen molar-refractivity contribution in [2.75, 3.05) is 70.5 Å². The van der Waals surface area contributed by atoms with Crippen LogP contribution in [0.3, 0.4) is 0 Å². The molecule has 1 aromatic carbocycles. The first-order valence-corrected chi connectivity index (χ1v) is 11.4. The van der Waals surface area contributed by atoms with E-state index in [1.165, 1.54) is 0 Å². The van der Waals surface area contributed by atoms with Gasteiger partial charge in [0.05, 0.1) is 18.9 Å². The molecular formula is C23H29ClN6O. The fourth-order valence-electron chi connectivity index (χ4n) is 4.38. The predicted octanol–water partition coefficient (Wildman–Crippen LogP) is 2.81. The van der Waals surface area contributed by atoms with E-state index in [0.717, 1.165) is 99.0 Å². The first-order valence-electron chi connectivity index (χ1n) is 11.1. The van der Waals surface area contributed by atoms with Gasteiger partial charge in [0.1, 0.15) is 5.82 Å². The minimum Gasteiger partial charge on any atom is -0.379 e. The Hall–Kier alpha value is -2.19. The minimum atomic E-state index is 0.730. The first-order chi connectivity index (χ1) is 15.2. The highest BCUT2D eigenvalue weighted by molar-refractivity contribution is 6.30. The summed E-state index contributed by atoms with van der Waals surface area (Å²) in [4.78, 5) is 12.2. The first kappa shape index (κ1) is 20.7. The van der Waals surface area contributed by atoms with Gasteiger partial charge in [-0.15, -0.1) is 0 Å². The molecule has 0 N–H and O–H groups in total. The second-order valence-corrected chi connectivity index (χ2v) is 8.78. The van der Waals surface area contributed by atoms with Crippen LogP contribution < -0.4 is 4.90 Å². The third kappa shape index (κ3) is 4.70. The van der Waals surface area contributed by atoms with Crippen molar-refractivity contribution in [3.05, 3.63) is 47.1 Å². The highest BCUT2D eigenvalue weighted by Crippen LogP contribution is 2.25. The molecule has 2 aliphatic rings. The maximum absolute atomic E-state index is 6.05. The van der Waals surface area contributed by atoms with Crippen molar-refractivity contribution in [3.63, 3.8) is 0 Å². The Morgan fingerprint density at radius 1 is 0.903 bits per heavy atom. The Morgan fingerprint density at radius 2 is 1.58 bits per heavy atom. The average Bonchev–Trinajstić information content (AvgIpc) is 3.22. The SMILES string of the molecule is Cc1cc(N2CCN(CCN3CCOCC3)CC2)n2nc(-c3ccc(Cl)cc3)cc2n1. The molecule has 0 bridgehead atoms. The molecular weight excluding hydrogens is 412 g/mol. The molecule has 4 heterocycles. The zero-order valence-electron chi connectivity index (χ0n) is 18.0. The van der Waals surface area contributed by atoms with Crippen LogP contribution in [0.4, 0.5) is 5.82 Å². The van der Waals surface area contributed by atoms with Gasteiger partial charge >= 0.3 is 0 Å². The van der Waals surface area contributed by atoms with Crippen molar-refractivity contribution in [2.24, 2.45) is 0 Å². The van der Waals surface area contributed by atoms with Crippen molar-refractivity contribution in [1.82, 2.24) is 24.4 Å². The third-order valence-electron chi connectivity index (χ3n) is 6.21. The zero-order valence-corrected chi connectivity index (χ0v) is 18.8. The Balaban J connectivity index is 1.29. The quantitative estimate of drug-likeness (QED) is 0.608. The van der Waals surface area contributed by atoms with Gasteiger partial charge in [0.25, 0.3) is 0 Å². The van der Waals surface area contributed by atoms with E-state index in [1.54, 1.807) is 0 Å². The van der Waals surface area contributed by atoms with Gasteiger partial charge in [-0.1, -0.05) is 23.7 Å². The fraction of sp³-hybridized carbons (Fsp3) is 0.478. The van der Waals surface area contributed by atoms with Crippen LogP contribution in [0.2, 0.25) is 5.02 Å².